The van der Waals surface area contributed by atoms with Gasteiger partial charge in [0.1, 0.15) is 0 Å². The van der Waals surface area contributed by atoms with Gasteiger partial charge in [-0.3, -0.25) is 4.90 Å². The van der Waals surface area contributed by atoms with Gasteiger partial charge in [0.15, 0.2) is 0 Å². The van der Waals surface area contributed by atoms with Gasteiger partial charge in [0, 0.05) is 11.4 Å². The van der Waals surface area contributed by atoms with E-state index in [1.807, 2.05) is 0 Å². The summed E-state index contributed by atoms with van der Waals surface area (Å²) < 4.78 is 0. The topological polar surface area (TPSA) is 36.4 Å². The van der Waals surface area contributed by atoms with Crippen LogP contribution in [0.25, 0.3) is 0 Å². The summed E-state index contributed by atoms with van der Waals surface area (Å²) in [5.74, 6) is 0. The molecule has 96 valence electrons. The fourth-order valence-corrected chi connectivity index (χ4v) is 3.19. The van der Waals surface area contributed by atoms with Crippen molar-refractivity contribution in [2.45, 2.75) is 45.1 Å². The Morgan fingerprint density at radius 2 is 2.41 bits per heavy atom. The van der Waals surface area contributed by atoms with Crippen LogP contribution >= 0.6 is 11.3 Å². The highest BCUT2D eigenvalue weighted by Crippen LogP contribution is 2.17. The van der Waals surface area contributed by atoms with Crippen LogP contribution in [0.1, 0.15) is 36.4 Å². The summed E-state index contributed by atoms with van der Waals surface area (Å²) in [6.45, 7) is 4.62. The molecule has 0 amide bonds. The van der Waals surface area contributed by atoms with Gasteiger partial charge >= 0.3 is 0 Å². The fourth-order valence-electron chi connectivity index (χ4n) is 2.55. The number of thiazole rings is 1. The number of aliphatic hydroxyl groups excluding tert-OH is 1. The third-order valence-corrected chi connectivity index (χ3v) is 4.33. The molecule has 4 heteroatoms. The molecular formula is C13H22N2OS. The Labute approximate surface area is 107 Å². The Hall–Kier alpha value is -0.450. The summed E-state index contributed by atoms with van der Waals surface area (Å²) in [6.07, 6.45) is 5.93. The SMILES string of the molecule is Cc1nc(CCCN2CCCCC2CO)cs1. The highest BCUT2D eigenvalue weighted by atomic mass is 32.1. The molecule has 0 radical (unpaired) electrons. The van der Waals surface area contributed by atoms with Crippen molar-refractivity contribution in [1.82, 2.24) is 9.88 Å². The molecule has 1 N–H and O–H groups in total. The first-order chi connectivity index (χ1) is 8.29. The van der Waals surface area contributed by atoms with Crippen molar-refractivity contribution in [1.29, 1.82) is 0 Å². The smallest absolute Gasteiger partial charge is 0.0897 e. The lowest BCUT2D eigenvalue weighted by Crippen LogP contribution is -2.42. The van der Waals surface area contributed by atoms with Crippen molar-refractivity contribution in [2.24, 2.45) is 0 Å². The van der Waals surface area contributed by atoms with Crippen molar-refractivity contribution in [3.05, 3.63) is 16.1 Å². The summed E-state index contributed by atoms with van der Waals surface area (Å²) in [5, 5.41) is 12.6. The van der Waals surface area contributed by atoms with Crippen LogP contribution in [0.2, 0.25) is 0 Å². The number of hydrogen-bond donors (Lipinski definition) is 1. The molecule has 1 unspecified atom stereocenters. The second-order valence-electron chi connectivity index (χ2n) is 4.83. The predicted octanol–water partition coefficient (Wildman–Crippen LogP) is 2.23. The number of likely N-dealkylation sites (tertiary alicyclic amines) is 1. The van der Waals surface area contributed by atoms with Crippen molar-refractivity contribution in [2.75, 3.05) is 19.7 Å². The minimum absolute atomic E-state index is 0.315. The molecular weight excluding hydrogens is 232 g/mol. The van der Waals surface area contributed by atoms with E-state index < -0.39 is 0 Å². The Bertz CT molecular complexity index is 340. The molecule has 1 aliphatic rings. The maximum atomic E-state index is 9.33. The quantitative estimate of drug-likeness (QED) is 0.875. The fraction of sp³-hybridized carbons (Fsp3) is 0.769. The summed E-state index contributed by atoms with van der Waals surface area (Å²) >= 11 is 1.73. The van der Waals surface area contributed by atoms with Gasteiger partial charge < -0.3 is 5.11 Å². The van der Waals surface area contributed by atoms with Crippen LogP contribution in [0.5, 0.6) is 0 Å². The standard InChI is InChI=1S/C13H22N2OS/c1-11-14-12(10-17-11)5-4-8-15-7-3-2-6-13(15)9-16/h10,13,16H,2-9H2,1H3. The molecule has 2 rings (SSSR count). The highest BCUT2D eigenvalue weighted by Gasteiger charge is 2.20. The molecule has 0 aliphatic carbocycles. The van der Waals surface area contributed by atoms with Crippen LogP contribution in [-0.4, -0.2) is 40.7 Å². The molecule has 0 bridgehead atoms. The maximum Gasteiger partial charge on any atom is 0.0897 e. The second kappa shape index (κ2) is 6.47. The summed E-state index contributed by atoms with van der Waals surface area (Å²) in [7, 11) is 0. The Morgan fingerprint density at radius 1 is 1.53 bits per heavy atom. The average Bonchev–Trinajstić information content (AvgIpc) is 2.76. The van der Waals surface area contributed by atoms with Gasteiger partial charge in [-0.05, 0) is 45.7 Å². The van der Waals surface area contributed by atoms with E-state index in [2.05, 4.69) is 22.2 Å². The molecule has 3 nitrogen and oxygen atoms in total. The molecule has 1 aromatic rings. The maximum absolute atomic E-state index is 9.33. The first-order valence-electron chi connectivity index (χ1n) is 6.55. The molecule has 0 spiro atoms. The first-order valence-corrected chi connectivity index (χ1v) is 7.43. The molecule has 1 fully saturated rings. The van der Waals surface area contributed by atoms with Crippen molar-refractivity contribution in [3.8, 4) is 0 Å². The van der Waals surface area contributed by atoms with Crippen LogP contribution in [0.4, 0.5) is 0 Å². The number of nitrogens with zero attached hydrogens (tertiary/aromatic N) is 2. The normalized spacial score (nSPS) is 21.9. The van der Waals surface area contributed by atoms with Crippen LogP contribution < -0.4 is 0 Å². The average molecular weight is 254 g/mol. The Morgan fingerprint density at radius 3 is 3.12 bits per heavy atom. The number of rotatable bonds is 5. The molecule has 2 heterocycles. The van der Waals surface area contributed by atoms with Crippen LogP contribution in [0.15, 0.2) is 5.38 Å². The van der Waals surface area contributed by atoms with E-state index in [4.69, 9.17) is 0 Å². The second-order valence-corrected chi connectivity index (χ2v) is 5.89. The summed E-state index contributed by atoms with van der Waals surface area (Å²) in [6, 6.07) is 0.404. The number of hydrogen-bond acceptors (Lipinski definition) is 4. The van der Waals surface area contributed by atoms with Crippen LogP contribution in [0.3, 0.4) is 0 Å². The lowest BCUT2D eigenvalue weighted by Gasteiger charge is -2.34. The molecule has 17 heavy (non-hydrogen) atoms. The first kappa shape index (κ1) is 13.0. The minimum Gasteiger partial charge on any atom is -0.395 e. The van der Waals surface area contributed by atoms with E-state index in [-0.39, 0.29) is 0 Å². The highest BCUT2D eigenvalue weighted by molar-refractivity contribution is 7.09. The monoisotopic (exact) mass is 254 g/mol. The van der Waals surface area contributed by atoms with Gasteiger partial charge in [0.2, 0.25) is 0 Å². The molecule has 1 saturated heterocycles. The zero-order valence-electron chi connectivity index (χ0n) is 10.6. The van der Waals surface area contributed by atoms with E-state index >= 15 is 0 Å². The third kappa shape index (κ3) is 3.76. The molecule has 0 saturated carbocycles. The van der Waals surface area contributed by atoms with Crippen molar-refractivity contribution in [3.63, 3.8) is 0 Å². The lowest BCUT2D eigenvalue weighted by atomic mass is 10.0. The number of aryl methyl sites for hydroxylation is 2. The number of aromatic nitrogens is 1. The van der Waals surface area contributed by atoms with E-state index in [1.165, 1.54) is 18.5 Å². The third-order valence-electron chi connectivity index (χ3n) is 3.50. The van der Waals surface area contributed by atoms with Gasteiger partial charge in [0.05, 0.1) is 17.3 Å². The van der Waals surface area contributed by atoms with Crippen molar-refractivity contribution < 1.29 is 5.11 Å². The molecule has 1 atom stereocenters. The number of piperidine rings is 1. The van der Waals surface area contributed by atoms with Crippen LogP contribution in [0, 0.1) is 6.92 Å². The van der Waals surface area contributed by atoms with E-state index in [0.717, 1.165) is 37.4 Å². The van der Waals surface area contributed by atoms with Crippen LogP contribution in [-0.2, 0) is 6.42 Å². The lowest BCUT2D eigenvalue weighted by molar-refractivity contribution is 0.0893. The van der Waals surface area contributed by atoms with E-state index in [9.17, 15) is 5.11 Å². The minimum atomic E-state index is 0.315. The largest absolute Gasteiger partial charge is 0.395 e. The van der Waals surface area contributed by atoms with Gasteiger partial charge in [-0.1, -0.05) is 6.42 Å². The predicted molar refractivity (Wildman–Crippen MR) is 71.5 cm³/mol. The summed E-state index contributed by atoms with van der Waals surface area (Å²) in [4.78, 5) is 6.93. The zero-order valence-corrected chi connectivity index (χ0v) is 11.4. The van der Waals surface area contributed by atoms with Gasteiger partial charge in [-0.25, -0.2) is 4.98 Å². The van der Waals surface area contributed by atoms with Gasteiger partial charge in [-0.2, -0.15) is 0 Å². The van der Waals surface area contributed by atoms with E-state index in [0.29, 0.717) is 12.6 Å². The molecule has 0 aromatic carbocycles. The number of aliphatic hydroxyl groups is 1. The van der Waals surface area contributed by atoms with Gasteiger partial charge in [-0.15, -0.1) is 11.3 Å². The zero-order chi connectivity index (χ0) is 12.1. The molecule has 1 aromatic heterocycles. The van der Waals surface area contributed by atoms with Gasteiger partial charge in [0.25, 0.3) is 0 Å². The van der Waals surface area contributed by atoms with Crippen molar-refractivity contribution >= 4 is 11.3 Å². The van der Waals surface area contributed by atoms with E-state index in [1.54, 1.807) is 11.3 Å². The summed E-state index contributed by atoms with van der Waals surface area (Å²) in [5.41, 5.74) is 1.23. The molecule has 1 aliphatic heterocycles. The Balaban J connectivity index is 1.73. The Kier molecular flexibility index (Phi) is 4.95.